The number of hydrogen-bond donors (Lipinski definition) is 4. The van der Waals surface area contributed by atoms with Crippen LogP contribution < -0.4 is 10.6 Å². The van der Waals surface area contributed by atoms with Gasteiger partial charge in [-0.05, 0) is 42.5 Å². The second-order valence-corrected chi connectivity index (χ2v) is 7.97. The average molecular weight is 457 g/mol. The first-order valence-electron chi connectivity index (χ1n) is 9.91. The van der Waals surface area contributed by atoms with Crippen LogP contribution in [-0.2, 0) is 0 Å². The van der Waals surface area contributed by atoms with Gasteiger partial charge in [-0.15, -0.1) is 25.3 Å². The Balaban J connectivity index is 1.74. The normalized spacial score (nSPS) is 10.4. The van der Waals surface area contributed by atoms with Crippen molar-refractivity contribution in [3.8, 4) is 11.1 Å². The molecule has 0 heterocycles. The van der Waals surface area contributed by atoms with Crippen LogP contribution in [0.3, 0.4) is 0 Å². The maximum atomic E-state index is 12.8. The third kappa shape index (κ3) is 4.72. The number of benzene rings is 4. The molecule has 0 aliphatic heterocycles. The molecule has 6 heteroatoms. The Kier molecular flexibility index (Phi) is 6.63. The third-order valence-corrected chi connectivity index (χ3v) is 5.93. The smallest absolute Gasteiger partial charge is 0.255 e. The first-order valence-corrected chi connectivity index (χ1v) is 10.8. The van der Waals surface area contributed by atoms with Crippen molar-refractivity contribution in [1.29, 1.82) is 0 Å². The molecular formula is C26H20N2O2S2. The summed E-state index contributed by atoms with van der Waals surface area (Å²) < 4.78 is 0. The number of anilines is 2. The second-order valence-electron chi connectivity index (χ2n) is 7.04. The van der Waals surface area contributed by atoms with E-state index in [0.717, 1.165) is 5.56 Å². The van der Waals surface area contributed by atoms with E-state index < -0.39 is 0 Å². The summed E-state index contributed by atoms with van der Waals surface area (Å²) in [6.45, 7) is 0. The summed E-state index contributed by atoms with van der Waals surface area (Å²) in [4.78, 5) is 26.9. The van der Waals surface area contributed by atoms with E-state index in [9.17, 15) is 9.59 Å². The zero-order valence-corrected chi connectivity index (χ0v) is 18.7. The van der Waals surface area contributed by atoms with E-state index in [1.165, 1.54) is 0 Å². The Hall–Kier alpha value is -3.48. The van der Waals surface area contributed by atoms with Gasteiger partial charge in [0.1, 0.15) is 0 Å². The number of nitrogens with one attached hydrogen (secondary N) is 2. The van der Waals surface area contributed by atoms with Gasteiger partial charge in [0.2, 0.25) is 0 Å². The highest BCUT2D eigenvalue weighted by Gasteiger charge is 2.18. The van der Waals surface area contributed by atoms with Crippen molar-refractivity contribution in [2.75, 3.05) is 10.6 Å². The maximum Gasteiger partial charge on any atom is 0.255 e. The molecule has 0 saturated carbocycles. The summed E-state index contributed by atoms with van der Waals surface area (Å²) in [5.74, 6) is -0.465. The van der Waals surface area contributed by atoms with Crippen molar-refractivity contribution >= 4 is 48.4 Å². The van der Waals surface area contributed by atoms with Crippen LogP contribution in [0.1, 0.15) is 20.7 Å². The van der Waals surface area contributed by atoms with Gasteiger partial charge in [0.25, 0.3) is 11.8 Å². The van der Waals surface area contributed by atoms with Crippen LogP contribution in [0.2, 0.25) is 0 Å². The van der Waals surface area contributed by atoms with Crippen LogP contribution in [0, 0.1) is 0 Å². The van der Waals surface area contributed by atoms with Crippen molar-refractivity contribution in [1.82, 2.24) is 0 Å². The molecule has 0 bridgehead atoms. The standard InChI is InChI=1S/C26H20N2O2S2/c29-25(17-9-3-1-4-10-17)27-20-14-8-7-13-19(20)23-21(15-16-22(31)24(23)32)28-26(30)18-11-5-2-6-12-18/h1-16,31-32H,(H,27,29)(H,28,30). The van der Waals surface area contributed by atoms with Crippen LogP contribution in [0.4, 0.5) is 11.4 Å². The number of hydrogen-bond acceptors (Lipinski definition) is 4. The van der Waals surface area contributed by atoms with Gasteiger partial charge in [0.15, 0.2) is 0 Å². The number of rotatable bonds is 5. The summed E-state index contributed by atoms with van der Waals surface area (Å²) >= 11 is 9.18. The molecule has 4 nitrogen and oxygen atoms in total. The lowest BCUT2D eigenvalue weighted by molar-refractivity contribution is 0.101. The molecule has 32 heavy (non-hydrogen) atoms. The molecule has 0 aliphatic rings. The third-order valence-electron chi connectivity index (χ3n) is 4.92. The Bertz CT molecular complexity index is 1280. The fraction of sp³-hybridized carbons (Fsp3) is 0. The minimum Gasteiger partial charge on any atom is -0.321 e. The monoisotopic (exact) mass is 456 g/mol. The van der Waals surface area contributed by atoms with Crippen LogP contribution >= 0.6 is 25.3 Å². The predicted octanol–water partition coefficient (Wildman–Crippen LogP) is 6.44. The van der Waals surface area contributed by atoms with Crippen LogP contribution in [0.25, 0.3) is 11.1 Å². The minimum atomic E-state index is -0.239. The molecule has 0 radical (unpaired) electrons. The predicted molar refractivity (Wildman–Crippen MR) is 135 cm³/mol. The number of para-hydroxylation sites is 1. The Morgan fingerprint density at radius 3 is 1.66 bits per heavy atom. The SMILES string of the molecule is O=C(Nc1ccccc1-c1c(NC(=O)c2ccccc2)ccc(S)c1S)c1ccccc1. The summed E-state index contributed by atoms with van der Waals surface area (Å²) in [7, 11) is 0. The molecule has 2 N–H and O–H groups in total. The van der Waals surface area contributed by atoms with Crippen molar-refractivity contribution < 1.29 is 9.59 Å². The van der Waals surface area contributed by atoms with E-state index in [-0.39, 0.29) is 11.8 Å². The van der Waals surface area contributed by atoms with Gasteiger partial charge < -0.3 is 10.6 Å². The van der Waals surface area contributed by atoms with Crippen LogP contribution in [0.5, 0.6) is 0 Å². The number of thiol groups is 2. The fourth-order valence-corrected chi connectivity index (χ4v) is 3.84. The van der Waals surface area contributed by atoms with Gasteiger partial charge in [-0.25, -0.2) is 0 Å². The molecule has 4 rings (SSSR count). The molecular weight excluding hydrogens is 436 g/mol. The Labute approximate surface area is 197 Å². The van der Waals surface area contributed by atoms with Gasteiger partial charge >= 0.3 is 0 Å². The van der Waals surface area contributed by atoms with Crippen molar-refractivity contribution in [3.05, 3.63) is 108 Å². The highest BCUT2D eigenvalue weighted by Crippen LogP contribution is 2.41. The van der Waals surface area contributed by atoms with Crippen molar-refractivity contribution in [2.24, 2.45) is 0 Å². The highest BCUT2D eigenvalue weighted by atomic mass is 32.1. The van der Waals surface area contributed by atoms with E-state index in [4.69, 9.17) is 0 Å². The van der Waals surface area contributed by atoms with Gasteiger partial charge in [0, 0.05) is 37.7 Å². The summed E-state index contributed by atoms with van der Waals surface area (Å²) in [6.07, 6.45) is 0. The lowest BCUT2D eigenvalue weighted by Crippen LogP contribution is -2.14. The molecule has 4 aromatic carbocycles. The van der Waals surface area contributed by atoms with Gasteiger partial charge in [0.05, 0.1) is 5.69 Å². The highest BCUT2D eigenvalue weighted by molar-refractivity contribution is 7.83. The number of carbonyl (C=O) groups is 2. The topological polar surface area (TPSA) is 58.2 Å². The number of amides is 2. The molecule has 2 amide bonds. The Morgan fingerprint density at radius 1 is 0.562 bits per heavy atom. The molecule has 0 fully saturated rings. The molecule has 0 aromatic heterocycles. The minimum absolute atomic E-state index is 0.226. The summed E-state index contributed by atoms with van der Waals surface area (Å²) in [6, 6.07) is 28.9. The first-order chi connectivity index (χ1) is 15.5. The summed E-state index contributed by atoms with van der Waals surface area (Å²) in [5, 5.41) is 5.94. The molecule has 0 spiro atoms. The molecule has 4 aromatic rings. The van der Waals surface area contributed by atoms with Crippen molar-refractivity contribution in [2.45, 2.75) is 9.79 Å². The lowest BCUT2D eigenvalue weighted by Gasteiger charge is -2.18. The van der Waals surface area contributed by atoms with Gasteiger partial charge in [-0.3, -0.25) is 9.59 Å². The van der Waals surface area contributed by atoms with Gasteiger partial charge in [-0.1, -0.05) is 54.6 Å². The largest absolute Gasteiger partial charge is 0.321 e. The molecule has 0 unspecified atom stereocenters. The molecule has 0 atom stereocenters. The van der Waals surface area contributed by atoms with E-state index in [2.05, 4.69) is 35.9 Å². The van der Waals surface area contributed by atoms with E-state index >= 15 is 0 Å². The zero-order valence-electron chi connectivity index (χ0n) is 16.9. The maximum absolute atomic E-state index is 12.8. The lowest BCUT2D eigenvalue weighted by atomic mass is 10.0. The fourth-order valence-electron chi connectivity index (χ4n) is 3.34. The first kappa shape index (κ1) is 21.7. The van der Waals surface area contributed by atoms with Crippen LogP contribution in [0.15, 0.2) is 107 Å². The number of carbonyl (C=O) groups excluding carboxylic acids is 2. The summed E-state index contributed by atoms with van der Waals surface area (Å²) in [5.41, 5.74) is 3.66. The molecule has 0 saturated heterocycles. The molecule has 158 valence electrons. The van der Waals surface area contributed by atoms with E-state index in [0.29, 0.717) is 37.9 Å². The zero-order chi connectivity index (χ0) is 22.5. The van der Waals surface area contributed by atoms with E-state index in [1.54, 1.807) is 36.4 Å². The molecule has 0 aliphatic carbocycles. The average Bonchev–Trinajstić information content (AvgIpc) is 2.83. The second kappa shape index (κ2) is 9.77. The van der Waals surface area contributed by atoms with Gasteiger partial charge in [-0.2, -0.15) is 0 Å². The van der Waals surface area contributed by atoms with Crippen LogP contribution in [-0.4, -0.2) is 11.8 Å². The quantitative estimate of drug-likeness (QED) is 0.261. The van der Waals surface area contributed by atoms with Crippen molar-refractivity contribution in [3.63, 3.8) is 0 Å². The van der Waals surface area contributed by atoms with E-state index in [1.807, 2.05) is 60.7 Å². The Morgan fingerprint density at radius 2 is 1.06 bits per heavy atom.